The average Bonchev–Trinajstić information content (AvgIpc) is 2.88. The number of hydrogen-bond acceptors (Lipinski definition) is 4. The van der Waals surface area contributed by atoms with Crippen molar-refractivity contribution in [2.45, 2.75) is 32.2 Å². The Kier molecular flexibility index (Phi) is 7.64. The zero-order chi connectivity index (χ0) is 13.2. The van der Waals surface area contributed by atoms with Gasteiger partial charge in [0.15, 0.2) is 0 Å². The topological polar surface area (TPSA) is 64.3 Å². The molecule has 0 aromatic carbocycles. The number of nitrogens with one attached hydrogen (secondary N) is 1. The third kappa shape index (κ3) is 5.62. The minimum absolute atomic E-state index is 0.0406. The molecule has 3 N–H and O–H groups in total. The maximum absolute atomic E-state index is 11.8. The summed E-state index contributed by atoms with van der Waals surface area (Å²) in [6.07, 6.45) is 2.41. The molecular weight excluding hydrogens is 248 g/mol. The minimum atomic E-state index is 0.0406. The molecule has 0 saturated carbocycles. The van der Waals surface area contributed by atoms with Crippen LogP contribution in [0, 0.1) is 0 Å². The van der Waals surface area contributed by atoms with Crippen molar-refractivity contribution < 1.29 is 9.53 Å². The number of hydrogen-bond donors (Lipinski definition) is 2. The van der Waals surface area contributed by atoms with Gasteiger partial charge in [0.2, 0.25) is 5.91 Å². The first kappa shape index (κ1) is 15.1. The predicted molar refractivity (Wildman–Crippen MR) is 74.6 cm³/mol. The van der Waals surface area contributed by atoms with Crippen LogP contribution in [0.5, 0.6) is 0 Å². The molecule has 0 bridgehead atoms. The van der Waals surface area contributed by atoms with E-state index in [1.54, 1.807) is 11.3 Å². The Labute approximate surface area is 113 Å². The van der Waals surface area contributed by atoms with E-state index in [1.165, 1.54) is 4.88 Å². The van der Waals surface area contributed by atoms with E-state index in [-0.39, 0.29) is 11.9 Å². The molecule has 1 heterocycles. The fourth-order valence-electron chi connectivity index (χ4n) is 1.68. The van der Waals surface area contributed by atoms with Gasteiger partial charge in [0.05, 0.1) is 19.3 Å². The van der Waals surface area contributed by atoms with Crippen LogP contribution in [0.15, 0.2) is 17.5 Å². The third-order valence-electron chi connectivity index (χ3n) is 2.53. The van der Waals surface area contributed by atoms with E-state index in [9.17, 15) is 4.79 Å². The van der Waals surface area contributed by atoms with Gasteiger partial charge in [-0.05, 0) is 17.9 Å². The summed E-state index contributed by atoms with van der Waals surface area (Å²) >= 11 is 1.68. The highest BCUT2D eigenvalue weighted by molar-refractivity contribution is 7.10. The average molecular weight is 270 g/mol. The van der Waals surface area contributed by atoms with Crippen LogP contribution in [0.4, 0.5) is 0 Å². The molecule has 0 spiro atoms. The molecule has 1 unspecified atom stereocenters. The first-order chi connectivity index (χ1) is 8.77. The van der Waals surface area contributed by atoms with Crippen LogP contribution in [-0.4, -0.2) is 25.7 Å². The van der Waals surface area contributed by atoms with Crippen LogP contribution in [-0.2, 0) is 9.53 Å². The van der Waals surface area contributed by atoms with Gasteiger partial charge in [-0.3, -0.25) is 4.79 Å². The second-order valence-electron chi connectivity index (χ2n) is 4.08. The summed E-state index contributed by atoms with van der Waals surface area (Å²) in [6.45, 7) is 3.56. The molecule has 1 aromatic heterocycles. The van der Waals surface area contributed by atoms with Crippen molar-refractivity contribution in [3.05, 3.63) is 22.4 Å². The van der Waals surface area contributed by atoms with Crippen molar-refractivity contribution in [1.29, 1.82) is 0 Å². The van der Waals surface area contributed by atoms with Gasteiger partial charge in [0.1, 0.15) is 0 Å². The van der Waals surface area contributed by atoms with Gasteiger partial charge >= 0.3 is 0 Å². The molecule has 1 aromatic rings. The zero-order valence-corrected chi connectivity index (χ0v) is 11.7. The fraction of sp³-hybridized carbons (Fsp3) is 0.615. The number of carbonyl (C=O) groups excluding carboxylic acids is 1. The van der Waals surface area contributed by atoms with E-state index in [0.29, 0.717) is 26.2 Å². The Morgan fingerprint density at radius 1 is 1.56 bits per heavy atom. The molecule has 0 aliphatic heterocycles. The highest BCUT2D eigenvalue weighted by Gasteiger charge is 2.14. The first-order valence-corrected chi connectivity index (χ1v) is 7.26. The normalized spacial score (nSPS) is 12.3. The Balaban J connectivity index is 2.34. The fourth-order valence-corrected chi connectivity index (χ4v) is 2.49. The second kappa shape index (κ2) is 9.08. The number of thiophene rings is 1. The summed E-state index contributed by atoms with van der Waals surface area (Å²) < 4.78 is 5.20. The largest absolute Gasteiger partial charge is 0.380 e. The summed E-state index contributed by atoms with van der Waals surface area (Å²) in [5.41, 5.74) is 5.31. The van der Waals surface area contributed by atoms with E-state index in [0.717, 1.165) is 12.8 Å². The summed E-state index contributed by atoms with van der Waals surface area (Å²) in [5, 5.41) is 5.09. The van der Waals surface area contributed by atoms with Gasteiger partial charge in [-0.1, -0.05) is 19.4 Å². The van der Waals surface area contributed by atoms with Gasteiger partial charge < -0.3 is 15.8 Å². The molecule has 4 nitrogen and oxygen atoms in total. The van der Waals surface area contributed by atoms with Crippen molar-refractivity contribution >= 4 is 17.2 Å². The van der Waals surface area contributed by atoms with Crippen molar-refractivity contribution in [3.8, 4) is 0 Å². The Morgan fingerprint density at radius 2 is 2.39 bits per heavy atom. The molecule has 1 rings (SSSR count). The summed E-state index contributed by atoms with van der Waals surface area (Å²) in [5.74, 6) is 0.0406. The second-order valence-corrected chi connectivity index (χ2v) is 5.05. The Morgan fingerprint density at radius 3 is 3.00 bits per heavy atom. The van der Waals surface area contributed by atoms with Crippen LogP contribution in [0.3, 0.4) is 0 Å². The monoisotopic (exact) mass is 270 g/mol. The minimum Gasteiger partial charge on any atom is -0.380 e. The smallest absolute Gasteiger partial charge is 0.222 e. The van der Waals surface area contributed by atoms with E-state index in [1.807, 2.05) is 11.4 Å². The van der Waals surface area contributed by atoms with Crippen LogP contribution >= 0.6 is 11.3 Å². The Hall–Kier alpha value is -0.910. The van der Waals surface area contributed by atoms with Crippen LogP contribution in [0.2, 0.25) is 0 Å². The number of carbonyl (C=O) groups is 1. The standard InChI is InChI=1S/C13H22N2O2S/c1-2-4-11(12-5-3-10-18-12)15-13(16)6-8-17-9-7-14/h3,5,10-11H,2,4,6-9,14H2,1H3,(H,15,16). The lowest BCUT2D eigenvalue weighted by Gasteiger charge is -2.16. The van der Waals surface area contributed by atoms with E-state index < -0.39 is 0 Å². The molecule has 0 saturated heterocycles. The van der Waals surface area contributed by atoms with E-state index >= 15 is 0 Å². The SMILES string of the molecule is CCCC(NC(=O)CCOCCN)c1cccs1. The highest BCUT2D eigenvalue weighted by Crippen LogP contribution is 2.23. The van der Waals surface area contributed by atoms with Crippen LogP contribution in [0.25, 0.3) is 0 Å². The molecule has 18 heavy (non-hydrogen) atoms. The van der Waals surface area contributed by atoms with Crippen molar-refractivity contribution in [2.24, 2.45) is 5.73 Å². The van der Waals surface area contributed by atoms with E-state index in [2.05, 4.69) is 18.3 Å². The lowest BCUT2D eigenvalue weighted by molar-refractivity contribution is -0.122. The van der Waals surface area contributed by atoms with Crippen molar-refractivity contribution in [3.63, 3.8) is 0 Å². The number of amides is 1. The van der Waals surface area contributed by atoms with Crippen LogP contribution < -0.4 is 11.1 Å². The predicted octanol–water partition coefficient (Wildman–Crippen LogP) is 2.07. The van der Waals surface area contributed by atoms with Gasteiger partial charge in [0.25, 0.3) is 0 Å². The molecule has 0 fully saturated rings. The maximum Gasteiger partial charge on any atom is 0.222 e. The van der Waals surface area contributed by atoms with Crippen LogP contribution in [0.1, 0.15) is 37.1 Å². The third-order valence-corrected chi connectivity index (χ3v) is 3.52. The maximum atomic E-state index is 11.8. The van der Waals surface area contributed by atoms with Gasteiger partial charge in [-0.25, -0.2) is 0 Å². The molecule has 0 aliphatic carbocycles. The first-order valence-electron chi connectivity index (χ1n) is 6.38. The number of nitrogens with two attached hydrogens (primary N) is 1. The molecule has 5 heteroatoms. The van der Waals surface area contributed by atoms with Crippen molar-refractivity contribution in [1.82, 2.24) is 5.32 Å². The number of rotatable bonds is 9. The molecule has 0 aliphatic rings. The highest BCUT2D eigenvalue weighted by atomic mass is 32.1. The molecule has 1 atom stereocenters. The summed E-state index contributed by atoms with van der Waals surface area (Å²) in [4.78, 5) is 13.0. The summed E-state index contributed by atoms with van der Waals surface area (Å²) in [6, 6.07) is 4.21. The number of ether oxygens (including phenoxy) is 1. The zero-order valence-electron chi connectivity index (χ0n) is 10.9. The lowest BCUT2D eigenvalue weighted by atomic mass is 10.1. The Bertz CT molecular complexity index is 328. The van der Waals surface area contributed by atoms with E-state index in [4.69, 9.17) is 10.5 Å². The van der Waals surface area contributed by atoms with Gasteiger partial charge in [-0.15, -0.1) is 11.3 Å². The molecular formula is C13H22N2O2S. The lowest BCUT2D eigenvalue weighted by Crippen LogP contribution is -2.29. The van der Waals surface area contributed by atoms with Crippen molar-refractivity contribution in [2.75, 3.05) is 19.8 Å². The quantitative estimate of drug-likeness (QED) is 0.675. The molecule has 1 amide bonds. The molecule has 102 valence electrons. The summed E-state index contributed by atoms with van der Waals surface area (Å²) in [7, 11) is 0. The molecule has 0 radical (unpaired) electrons. The van der Waals surface area contributed by atoms with Gasteiger partial charge in [0, 0.05) is 17.8 Å². The van der Waals surface area contributed by atoms with Gasteiger partial charge in [-0.2, -0.15) is 0 Å².